The number of hydrogen-bond acceptors (Lipinski definition) is 2. The van der Waals surface area contributed by atoms with E-state index in [4.69, 9.17) is 0 Å². The minimum atomic E-state index is 0.683. The first-order valence-corrected chi connectivity index (χ1v) is 7.23. The van der Waals surface area contributed by atoms with Crippen LogP contribution in [0.25, 0.3) is 0 Å². The second kappa shape index (κ2) is 7.29. The summed E-state index contributed by atoms with van der Waals surface area (Å²) < 4.78 is 0. The molecule has 0 aliphatic carbocycles. The first-order chi connectivity index (χ1) is 7.69. The van der Waals surface area contributed by atoms with Crippen molar-refractivity contribution in [3.05, 3.63) is 0 Å². The molecular formula is C14H30N2. The van der Waals surface area contributed by atoms with Crippen LogP contribution in [0.3, 0.4) is 0 Å². The minimum Gasteiger partial charge on any atom is -0.252 e. The Bertz CT molecular complexity index is 172. The van der Waals surface area contributed by atoms with Gasteiger partial charge < -0.3 is 0 Å². The quantitative estimate of drug-likeness (QED) is 0.742. The Morgan fingerprint density at radius 3 is 2.31 bits per heavy atom. The Kier molecular flexibility index (Phi) is 6.37. The maximum absolute atomic E-state index is 3.77. The van der Waals surface area contributed by atoms with Crippen molar-refractivity contribution < 1.29 is 0 Å². The van der Waals surface area contributed by atoms with Gasteiger partial charge in [-0.15, -0.1) is 0 Å². The lowest BCUT2D eigenvalue weighted by Gasteiger charge is -2.41. The molecule has 3 unspecified atom stereocenters. The molecule has 1 N–H and O–H groups in total. The first kappa shape index (κ1) is 14.0. The van der Waals surface area contributed by atoms with E-state index in [1.165, 1.54) is 44.9 Å². The highest BCUT2D eigenvalue weighted by atomic mass is 15.5. The maximum atomic E-state index is 3.77. The molecule has 1 heterocycles. The smallest absolute Gasteiger partial charge is 0.0218 e. The van der Waals surface area contributed by atoms with E-state index in [1.54, 1.807) is 0 Å². The van der Waals surface area contributed by atoms with Crippen LogP contribution < -0.4 is 5.43 Å². The molecule has 0 radical (unpaired) electrons. The molecule has 2 heteroatoms. The average molecular weight is 226 g/mol. The van der Waals surface area contributed by atoms with Gasteiger partial charge in [0.25, 0.3) is 0 Å². The van der Waals surface area contributed by atoms with E-state index >= 15 is 0 Å². The summed E-state index contributed by atoms with van der Waals surface area (Å²) in [5, 5.41) is 2.52. The summed E-state index contributed by atoms with van der Waals surface area (Å²) in [6, 6.07) is 2.10. The molecule has 0 amide bonds. The predicted molar refractivity (Wildman–Crippen MR) is 71.4 cm³/mol. The van der Waals surface area contributed by atoms with Crippen molar-refractivity contribution in [2.75, 3.05) is 0 Å². The van der Waals surface area contributed by atoms with Crippen LogP contribution in [0.2, 0.25) is 0 Å². The van der Waals surface area contributed by atoms with Gasteiger partial charge in [-0.05, 0) is 39.5 Å². The van der Waals surface area contributed by atoms with Crippen molar-refractivity contribution in [3.63, 3.8) is 0 Å². The van der Waals surface area contributed by atoms with Crippen LogP contribution in [0, 0.1) is 0 Å². The highest BCUT2D eigenvalue weighted by molar-refractivity contribution is 4.78. The van der Waals surface area contributed by atoms with Crippen LogP contribution in [0.5, 0.6) is 0 Å². The van der Waals surface area contributed by atoms with E-state index in [9.17, 15) is 0 Å². The Morgan fingerprint density at radius 2 is 1.81 bits per heavy atom. The van der Waals surface area contributed by atoms with Gasteiger partial charge in [-0.25, -0.2) is 5.01 Å². The van der Waals surface area contributed by atoms with Crippen LogP contribution in [-0.4, -0.2) is 23.1 Å². The summed E-state index contributed by atoms with van der Waals surface area (Å²) in [6.07, 6.45) is 9.32. The van der Waals surface area contributed by atoms with Crippen LogP contribution in [0.4, 0.5) is 0 Å². The standard InChI is InChI=1S/C14H30N2/c1-5-7-11-14(6-2)15-16-12(3)9-8-10-13(16)4/h12-15H,5-11H2,1-4H3. The van der Waals surface area contributed by atoms with Gasteiger partial charge in [-0.1, -0.05) is 33.1 Å². The molecule has 0 aromatic carbocycles. The van der Waals surface area contributed by atoms with Crippen molar-refractivity contribution in [1.29, 1.82) is 0 Å². The van der Waals surface area contributed by atoms with Crippen LogP contribution in [0.1, 0.15) is 72.6 Å². The third-order valence-electron chi connectivity index (χ3n) is 3.92. The molecular weight excluding hydrogens is 196 g/mol. The van der Waals surface area contributed by atoms with E-state index in [2.05, 4.69) is 38.1 Å². The van der Waals surface area contributed by atoms with Crippen LogP contribution in [-0.2, 0) is 0 Å². The fourth-order valence-electron chi connectivity index (χ4n) is 2.70. The largest absolute Gasteiger partial charge is 0.252 e. The SMILES string of the molecule is CCCCC(CC)NN1C(C)CCCC1C. The van der Waals surface area contributed by atoms with Gasteiger partial charge in [-0.2, -0.15) is 0 Å². The van der Waals surface area contributed by atoms with Crippen LogP contribution >= 0.6 is 0 Å². The van der Waals surface area contributed by atoms with Crippen molar-refractivity contribution in [3.8, 4) is 0 Å². The second-order valence-corrected chi connectivity index (χ2v) is 5.41. The van der Waals surface area contributed by atoms with Crippen molar-refractivity contribution in [2.24, 2.45) is 0 Å². The molecule has 96 valence electrons. The fraction of sp³-hybridized carbons (Fsp3) is 1.00. The summed E-state index contributed by atoms with van der Waals surface area (Å²) in [6.45, 7) is 9.29. The normalized spacial score (nSPS) is 29.2. The highest BCUT2D eigenvalue weighted by Gasteiger charge is 2.25. The number of hydrazine groups is 1. The lowest BCUT2D eigenvalue weighted by atomic mass is 9.99. The molecule has 0 bridgehead atoms. The molecule has 1 saturated heterocycles. The summed E-state index contributed by atoms with van der Waals surface area (Å²) in [7, 11) is 0. The summed E-state index contributed by atoms with van der Waals surface area (Å²) in [4.78, 5) is 0. The monoisotopic (exact) mass is 226 g/mol. The molecule has 1 aliphatic rings. The van der Waals surface area contributed by atoms with Gasteiger partial charge in [0.05, 0.1) is 0 Å². The fourth-order valence-corrected chi connectivity index (χ4v) is 2.70. The minimum absolute atomic E-state index is 0.683. The lowest BCUT2D eigenvalue weighted by Crippen LogP contribution is -2.55. The molecule has 2 nitrogen and oxygen atoms in total. The Hall–Kier alpha value is -0.0800. The third-order valence-corrected chi connectivity index (χ3v) is 3.92. The zero-order valence-electron chi connectivity index (χ0n) is 11.6. The lowest BCUT2D eigenvalue weighted by molar-refractivity contribution is 0.0269. The van der Waals surface area contributed by atoms with Crippen molar-refractivity contribution >= 4 is 0 Å². The summed E-state index contributed by atoms with van der Waals surface area (Å²) in [5.74, 6) is 0. The van der Waals surface area contributed by atoms with Crippen molar-refractivity contribution in [2.45, 2.75) is 90.8 Å². The molecule has 0 aromatic rings. The number of rotatable bonds is 6. The Labute approximate surface area is 102 Å². The highest BCUT2D eigenvalue weighted by Crippen LogP contribution is 2.21. The van der Waals surface area contributed by atoms with Gasteiger partial charge in [-0.3, -0.25) is 5.43 Å². The van der Waals surface area contributed by atoms with Gasteiger partial charge >= 0.3 is 0 Å². The molecule has 0 saturated carbocycles. The molecule has 16 heavy (non-hydrogen) atoms. The number of unbranched alkanes of at least 4 members (excludes halogenated alkanes) is 1. The Morgan fingerprint density at radius 1 is 1.19 bits per heavy atom. The molecule has 0 aromatic heterocycles. The topological polar surface area (TPSA) is 15.3 Å². The average Bonchev–Trinajstić information content (AvgIpc) is 2.28. The predicted octanol–water partition coefficient (Wildman–Crippen LogP) is 3.72. The molecule has 3 atom stereocenters. The zero-order valence-corrected chi connectivity index (χ0v) is 11.6. The van der Waals surface area contributed by atoms with E-state index in [-0.39, 0.29) is 0 Å². The first-order valence-electron chi connectivity index (χ1n) is 7.23. The summed E-state index contributed by atoms with van der Waals surface area (Å²) in [5.41, 5.74) is 3.77. The van der Waals surface area contributed by atoms with E-state index < -0.39 is 0 Å². The van der Waals surface area contributed by atoms with Gasteiger partial charge in [0.15, 0.2) is 0 Å². The Balaban J connectivity index is 2.41. The van der Waals surface area contributed by atoms with Gasteiger partial charge in [0.2, 0.25) is 0 Å². The second-order valence-electron chi connectivity index (χ2n) is 5.41. The number of piperidine rings is 1. The summed E-state index contributed by atoms with van der Waals surface area (Å²) >= 11 is 0. The van der Waals surface area contributed by atoms with E-state index in [1.807, 2.05) is 0 Å². The molecule has 1 aliphatic heterocycles. The maximum Gasteiger partial charge on any atom is 0.0218 e. The molecule has 1 fully saturated rings. The molecule has 0 spiro atoms. The molecule has 1 rings (SSSR count). The number of hydrogen-bond donors (Lipinski definition) is 1. The zero-order chi connectivity index (χ0) is 12.0. The number of nitrogens with one attached hydrogen (secondary N) is 1. The van der Waals surface area contributed by atoms with Crippen molar-refractivity contribution in [1.82, 2.24) is 10.4 Å². The van der Waals surface area contributed by atoms with E-state index in [0.717, 1.165) is 0 Å². The van der Waals surface area contributed by atoms with E-state index in [0.29, 0.717) is 18.1 Å². The number of nitrogens with zero attached hydrogens (tertiary/aromatic N) is 1. The third kappa shape index (κ3) is 4.06. The van der Waals surface area contributed by atoms with Crippen LogP contribution in [0.15, 0.2) is 0 Å². The van der Waals surface area contributed by atoms with Gasteiger partial charge in [0.1, 0.15) is 0 Å². The van der Waals surface area contributed by atoms with Gasteiger partial charge in [0, 0.05) is 18.1 Å².